The van der Waals surface area contributed by atoms with Crippen LogP contribution in [-0.4, -0.2) is 23.0 Å². The number of ether oxygens (including phenoxy) is 2. The van der Waals surface area contributed by atoms with Crippen LogP contribution in [-0.2, 0) is 12.0 Å². The van der Waals surface area contributed by atoms with E-state index in [9.17, 15) is 4.79 Å². The van der Waals surface area contributed by atoms with Crippen molar-refractivity contribution in [3.63, 3.8) is 0 Å². The van der Waals surface area contributed by atoms with E-state index in [2.05, 4.69) is 37.0 Å². The molecule has 0 atom stereocenters. The van der Waals surface area contributed by atoms with Crippen LogP contribution in [0.4, 0.5) is 0 Å². The normalized spacial score (nSPS) is 11.9. The molecular weight excluding hydrogens is 610 g/mol. The van der Waals surface area contributed by atoms with Crippen molar-refractivity contribution < 1.29 is 9.47 Å². The Labute approximate surface area is 231 Å². The van der Waals surface area contributed by atoms with Gasteiger partial charge in [0.1, 0.15) is 12.4 Å². The second-order valence-electron chi connectivity index (χ2n) is 9.11. The monoisotopic (exact) mass is 631 g/mol. The van der Waals surface area contributed by atoms with Crippen LogP contribution < -0.4 is 15.0 Å². The Morgan fingerprint density at radius 2 is 1.83 bits per heavy atom. The Hall–Kier alpha value is -2.68. The van der Waals surface area contributed by atoms with Gasteiger partial charge in [-0.2, -0.15) is 9.78 Å². The first-order valence-corrected chi connectivity index (χ1v) is 13.1. The van der Waals surface area contributed by atoms with Crippen molar-refractivity contribution in [2.75, 3.05) is 7.11 Å². The maximum absolute atomic E-state index is 13.4. The zero-order valence-corrected chi connectivity index (χ0v) is 24.1. The smallest absolute Gasteiger partial charge is 0.282 e. The Morgan fingerprint density at radius 1 is 1.08 bits per heavy atom. The summed E-state index contributed by atoms with van der Waals surface area (Å²) in [7, 11) is 1.57. The van der Waals surface area contributed by atoms with Gasteiger partial charge in [0.15, 0.2) is 11.5 Å². The number of aromatic nitrogens is 2. The number of benzene rings is 3. The summed E-state index contributed by atoms with van der Waals surface area (Å²) in [6.07, 6.45) is 1.60. The first-order chi connectivity index (χ1) is 17.1. The standard InChI is InChI=1S/C27H24Br2ClN3O3/c1-27(2,3)26-32-22-10-9-18(28)12-19(22)25(34)33(26)31-14-17-11-23(35-4)24(13-20(17)29)36-15-16-7-5-6-8-21(16)30/h5-14H,15H2,1-4H3. The van der Waals surface area contributed by atoms with Crippen molar-refractivity contribution in [1.29, 1.82) is 0 Å². The number of fused-ring (bicyclic) bond motifs is 1. The maximum atomic E-state index is 13.4. The van der Waals surface area contributed by atoms with E-state index >= 15 is 0 Å². The second-order valence-corrected chi connectivity index (χ2v) is 11.3. The third-order valence-corrected chi connectivity index (χ3v) is 6.96. The minimum Gasteiger partial charge on any atom is -0.493 e. The van der Waals surface area contributed by atoms with E-state index in [4.69, 9.17) is 26.1 Å². The minimum absolute atomic E-state index is 0.245. The summed E-state index contributed by atoms with van der Waals surface area (Å²) in [5.74, 6) is 1.63. The molecule has 0 aliphatic carbocycles. The van der Waals surface area contributed by atoms with Crippen LogP contribution in [0, 0.1) is 0 Å². The third kappa shape index (κ3) is 5.66. The van der Waals surface area contributed by atoms with Crippen LogP contribution in [0.25, 0.3) is 10.9 Å². The fraction of sp³-hybridized carbons (Fsp3) is 0.222. The molecule has 1 heterocycles. The highest BCUT2D eigenvalue weighted by molar-refractivity contribution is 9.10. The summed E-state index contributed by atoms with van der Waals surface area (Å²) in [6, 6.07) is 16.6. The quantitative estimate of drug-likeness (QED) is 0.209. The summed E-state index contributed by atoms with van der Waals surface area (Å²) in [4.78, 5) is 18.2. The van der Waals surface area contributed by atoms with E-state index in [-0.39, 0.29) is 5.56 Å². The molecule has 4 aromatic rings. The number of halogens is 3. The Balaban J connectivity index is 1.73. The summed E-state index contributed by atoms with van der Waals surface area (Å²) in [6.45, 7) is 6.28. The topological polar surface area (TPSA) is 65.7 Å². The highest BCUT2D eigenvalue weighted by Crippen LogP contribution is 2.34. The SMILES string of the molecule is COc1cc(C=Nn2c(C(C)(C)C)nc3ccc(Br)cc3c2=O)c(Br)cc1OCc1ccccc1Cl. The molecule has 3 aromatic carbocycles. The molecule has 0 N–H and O–H groups in total. The van der Waals surface area contributed by atoms with Gasteiger partial charge in [-0.3, -0.25) is 4.79 Å². The molecule has 1 aromatic heterocycles. The first kappa shape index (κ1) is 26.4. The molecule has 0 saturated carbocycles. The fourth-order valence-electron chi connectivity index (χ4n) is 3.55. The largest absolute Gasteiger partial charge is 0.493 e. The predicted octanol–water partition coefficient (Wildman–Crippen LogP) is 7.34. The number of nitrogens with zero attached hydrogens (tertiary/aromatic N) is 3. The summed E-state index contributed by atoms with van der Waals surface area (Å²) in [5, 5.41) is 5.67. The Morgan fingerprint density at radius 3 is 2.53 bits per heavy atom. The van der Waals surface area contributed by atoms with Crippen LogP contribution in [0.1, 0.15) is 37.7 Å². The second kappa shape index (κ2) is 10.7. The van der Waals surface area contributed by atoms with Gasteiger partial charge in [-0.15, -0.1) is 0 Å². The number of rotatable bonds is 6. The molecule has 0 amide bonds. The molecule has 9 heteroatoms. The molecule has 0 bridgehead atoms. The Kier molecular flexibility index (Phi) is 7.87. The molecule has 0 fully saturated rings. The summed E-state index contributed by atoms with van der Waals surface area (Å²) in [5.41, 5.74) is 1.54. The van der Waals surface area contributed by atoms with Crippen molar-refractivity contribution in [3.8, 4) is 11.5 Å². The van der Waals surface area contributed by atoms with Crippen LogP contribution in [0.3, 0.4) is 0 Å². The molecule has 0 aliphatic heterocycles. The van der Waals surface area contributed by atoms with Gasteiger partial charge < -0.3 is 9.47 Å². The van der Waals surface area contributed by atoms with Crippen molar-refractivity contribution in [2.45, 2.75) is 32.8 Å². The highest BCUT2D eigenvalue weighted by Gasteiger charge is 2.23. The first-order valence-electron chi connectivity index (χ1n) is 11.1. The molecule has 0 radical (unpaired) electrons. The van der Waals surface area contributed by atoms with Gasteiger partial charge in [0.05, 0.1) is 24.2 Å². The van der Waals surface area contributed by atoms with E-state index in [1.165, 1.54) is 4.68 Å². The van der Waals surface area contributed by atoms with Gasteiger partial charge in [0, 0.05) is 30.5 Å². The third-order valence-electron chi connectivity index (χ3n) is 5.42. The number of hydrogen-bond donors (Lipinski definition) is 0. The molecule has 0 unspecified atom stereocenters. The molecule has 186 valence electrons. The lowest BCUT2D eigenvalue weighted by atomic mass is 9.95. The van der Waals surface area contributed by atoms with Gasteiger partial charge in [0.2, 0.25) is 0 Å². The van der Waals surface area contributed by atoms with Crippen LogP contribution in [0.5, 0.6) is 11.5 Å². The summed E-state index contributed by atoms with van der Waals surface area (Å²) >= 11 is 13.3. The molecular formula is C27H24Br2ClN3O3. The van der Waals surface area contributed by atoms with Crippen molar-refractivity contribution in [3.05, 3.63) is 95.9 Å². The maximum Gasteiger partial charge on any atom is 0.282 e. The number of hydrogen-bond acceptors (Lipinski definition) is 5. The zero-order valence-electron chi connectivity index (χ0n) is 20.2. The number of methoxy groups -OCH3 is 1. The van der Waals surface area contributed by atoms with E-state index < -0.39 is 5.41 Å². The van der Waals surface area contributed by atoms with Crippen LogP contribution in [0.2, 0.25) is 5.02 Å². The van der Waals surface area contributed by atoms with Gasteiger partial charge in [-0.25, -0.2) is 4.98 Å². The van der Waals surface area contributed by atoms with Crippen molar-refractivity contribution in [1.82, 2.24) is 9.66 Å². The lowest BCUT2D eigenvalue weighted by molar-refractivity contribution is 0.284. The summed E-state index contributed by atoms with van der Waals surface area (Å²) < 4.78 is 14.4. The van der Waals surface area contributed by atoms with E-state index in [0.29, 0.717) is 45.4 Å². The molecule has 6 nitrogen and oxygen atoms in total. The fourth-order valence-corrected chi connectivity index (χ4v) is 4.53. The van der Waals surface area contributed by atoms with Crippen LogP contribution >= 0.6 is 43.5 Å². The lowest BCUT2D eigenvalue weighted by Crippen LogP contribution is -2.29. The Bertz CT molecular complexity index is 1530. The van der Waals surface area contributed by atoms with Crippen molar-refractivity contribution >= 4 is 60.6 Å². The zero-order chi connectivity index (χ0) is 26.0. The molecule has 36 heavy (non-hydrogen) atoms. The van der Waals surface area contributed by atoms with E-state index in [1.807, 2.05) is 57.2 Å². The van der Waals surface area contributed by atoms with Gasteiger partial charge >= 0.3 is 0 Å². The lowest BCUT2D eigenvalue weighted by Gasteiger charge is -2.21. The minimum atomic E-state index is -0.414. The molecule has 0 saturated heterocycles. The van der Waals surface area contributed by atoms with E-state index in [0.717, 1.165) is 14.5 Å². The van der Waals surface area contributed by atoms with Crippen molar-refractivity contribution in [2.24, 2.45) is 5.10 Å². The van der Waals surface area contributed by atoms with Gasteiger partial charge in [-0.1, -0.05) is 66.5 Å². The van der Waals surface area contributed by atoms with E-state index in [1.54, 1.807) is 31.5 Å². The molecule has 0 spiro atoms. The average molecular weight is 634 g/mol. The van der Waals surface area contributed by atoms with Crippen LogP contribution in [0.15, 0.2) is 73.4 Å². The molecule has 0 aliphatic rings. The van der Waals surface area contributed by atoms with Gasteiger partial charge in [-0.05, 0) is 52.3 Å². The predicted molar refractivity (Wildman–Crippen MR) is 152 cm³/mol. The molecule has 4 rings (SSSR count). The highest BCUT2D eigenvalue weighted by atomic mass is 79.9. The van der Waals surface area contributed by atoms with Gasteiger partial charge in [0.25, 0.3) is 5.56 Å². The average Bonchev–Trinajstić information content (AvgIpc) is 2.83.